The molecule has 28 heavy (non-hydrogen) atoms. The van der Waals surface area contributed by atoms with E-state index < -0.39 is 0 Å². The minimum atomic E-state index is -0.0590. The molecular formula is C20H28N6OS. The van der Waals surface area contributed by atoms with E-state index in [0.717, 1.165) is 56.7 Å². The molecule has 2 aromatic rings. The summed E-state index contributed by atoms with van der Waals surface area (Å²) in [5.74, 6) is 0.186. The molecule has 8 heteroatoms. The van der Waals surface area contributed by atoms with Gasteiger partial charge in [0.15, 0.2) is 5.96 Å². The van der Waals surface area contributed by atoms with Crippen molar-refractivity contribution in [1.82, 2.24) is 15.2 Å². The zero-order valence-electron chi connectivity index (χ0n) is 16.2. The molecule has 3 rings (SSSR count). The molecule has 1 aliphatic rings. The van der Waals surface area contributed by atoms with Gasteiger partial charge in [-0.3, -0.25) is 15.1 Å². The minimum Gasteiger partial charge on any atom is -0.370 e. The lowest BCUT2D eigenvalue weighted by molar-refractivity contribution is -0.126. The molecule has 0 bridgehead atoms. The van der Waals surface area contributed by atoms with Crippen LogP contribution in [0.4, 0.5) is 5.69 Å². The maximum absolute atomic E-state index is 12.0. The first-order chi connectivity index (χ1) is 13.5. The van der Waals surface area contributed by atoms with Crippen LogP contribution in [0.25, 0.3) is 0 Å². The fourth-order valence-electron chi connectivity index (χ4n) is 3.62. The Labute approximate surface area is 169 Å². The lowest BCUT2D eigenvalue weighted by Crippen LogP contribution is -2.41. The second kappa shape index (κ2) is 9.66. The van der Waals surface area contributed by atoms with E-state index in [1.807, 2.05) is 17.6 Å². The molecular weight excluding hydrogens is 372 g/mol. The zero-order valence-corrected chi connectivity index (χ0v) is 17.0. The van der Waals surface area contributed by atoms with Crippen molar-refractivity contribution in [3.05, 3.63) is 45.9 Å². The van der Waals surface area contributed by atoms with Gasteiger partial charge < -0.3 is 16.4 Å². The summed E-state index contributed by atoms with van der Waals surface area (Å²) in [7, 11) is 1.71. The number of nitrogens with one attached hydrogen (secondary N) is 3. The summed E-state index contributed by atoms with van der Waals surface area (Å²) in [6, 6.07) is 7.97. The predicted molar refractivity (Wildman–Crippen MR) is 114 cm³/mol. The summed E-state index contributed by atoms with van der Waals surface area (Å²) in [5, 5.41) is 12.8. The number of guanidine groups is 1. The van der Waals surface area contributed by atoms with E-state index in [0.29, 0.717) is 0 Å². The van der Waals surface area contributed by atoms with Crippen LogP contribution < -0.4 is 16.4 Å². The maximum atomic E-state index is 12.0. The summed E-state index contributed by atoms with van der Waals surface area (Å²) in [6.07, 6.45) is 3.84. The molecule has 0 aliphatic carbocycles. The van der Waals surface area contributed by atoms with Crippen molar-refractivity contribution in [3.8, 4) is 0 Å². The topological polar surface area (TPSA) is 107 Å². The molecule has 1 aliphatic heterocycles. The first kappa shape index (κ1) is 20.3. The van der Waals surface area contributed by atoms with Gasteiger partial charge in [0.2, 0.25) is 5.91 Å². The number of benzene rings is 1. The van der Waals surface area contributed by atoms with Crippen LogP contribution in [0.2, 0.25) is 0 Å². The second-order valence-electron chi connectivity index (χ2n) is 7.15. The van der Waals surface area contributed by atoms with Crippen LogP contribution in [0.3, 0.4) is 0 Å². The number of carbonyl (C=O) groups excluding carboxylic acids is 1. The van der Waals surface area contributed by atoms with Crippen LogP contribution in [0.1, 0.15) is 29.0 Å². The highest BCUT2D eigenvalue weighted by atomic mass is 32.1. The summed E-state index contributed by atoms with van der Waals surface area (Å²) in [5.41, 5.74) is 10.5. The van der Waals surface area contributed by atoms with Crippen molar-refractivity contribution in [3.63, 3.8) is 0 Å². The largest absolute Gasteiger partial charge is 0.370 e. The van der Waals surface area contributed by atoms with Crippen molar-refractivity contribution >= 4 is 28.9 Å². The van der Waals surface area contributed by atoms with Crippen molar-refractivity contribution in [2.75, 3.05) is 25.5 Å². The van der Waals surface area contributed by atoms with Gasteiger partial charge in [0.25, 0.3) is 0 Å². The summed E-state index contributed by atoms with van der Waals surface area (Å²) >= 11 is 1.70. The van der Waals surface area contributed by atoms with E-state index >= 15 is 0 Å². The number of thiazole rings is 1. The minimum absolute atomic E-state index is 0.0590. The first-order valence-electron chi connectivity index (χ1n) is 9.60. The molecule has 1 unspecified atom stereocenters. The average molecular weight is 401 g/mol. The first-order valence-corrected chi connectivity index (χ1v) is 10.5. The molecule has 1 aromatic carbocycles. The van der Waals surface area contributed by atoms with E-state index in [1.165, 1.54) is 10.4 Å². The molecule has 1 atom stereocenters. The van der Waals surface area contributed by atoms with Gasteiger partial charge in [0, 0.05) is 30.7 Å². The standard InChI is InChI=1S/C20H28N6OS/c1-23-19(27)15-3-2-10-26(11-15)12-18-17(24-13-28-18)9-6-14-4-7-16(8-5-14)25-20(21)22/h4-5,7-8,13,15H,2-3,6,9-12H2,1H3,(H,23,27)(H4,21,22,25). The highest BCUT2D eigenvalue weighted by molar-refractivity contribution is 7.09. The number of nitrogens with zero attached hydrogens (tertiary/aromatic N) is 2. The number of piperidine rings is 1. The number of carbonyl (C=O) groups is 1. The van der Waals surface area contributed by atoms with Gasteiger partial charge in [-0.2, -0.15) is 0 Å². The number of hydrogen-bond donors (Lipinski definition) is 4. The predicted octanol–water partition coefficient (Wildman–Crippen LogP) is 2.19. The lowest BCUT2D eigenvalue weighted by Gasteiger charge is -2.31. The Kier molecular flexibility index (Phi) is 7.00. The molecule has 0 radical (unpaired) electrons. The van der Waals surface area contributed by atoms with Gasteiger partial charge in [-0.25, -0.2) is 4.98 Å². The van der Waals surface area contributed by atoms with Crippen LogP contribution >= 0.6 is 11.3 Å². The Morgan fingerprint density at radius 3 is 2.86 bits per heavy atom. The zero-order chi connectivity index (χ0) is 19.9. The maximum Gasteiger partial charge on any atom is 0.224 e. The summed E-state index contributed by atoms with van der Waals surface area (Å²) < 4.78 is 0. The van der Waals surface area contributed by atoms with Gasteiger partial charge in [0.05, 0.1) is 17.1 Å². The Morgan fingerprint density at radius 1 is 1.36 bits per heavy atom. The van der Waals surface area contributed by atoms with Crippen LogP contribution in [0.5, 0.6) is 0 Å². The molecule has 1 aromatic heterocycles. The third kappa shape index (κ3) is 5.53. The summed E-state index contributed by atoms with van der Waals surface area (Å²) in [6.45, 7) is 2.73. The van der Waals surface area contributed by atoms with E-state index in [9.17, 15) is 4.79 Å². The van der Waals surface area contributed by atoms with Crippen LogP contribution in [-0.2, 0) is 24.2 Å². The van der Waals surface area contributed by atoms with Crippen molar-refractivity contribution in [1.29, 1.82) is 5.41 Å². The molecule has 0 spiro atoms. The Morgan fingerprint density at radius 2 is 2.14 bits per heavy atom. The number of rotatable bonds is 7. The number of aryl methyl sites for hydroxylation is 2. The Balaban J connectivity index is 1.55. The number of aromatic nitrogens is 1. The van der Waals surface area contributed by atoms with Crippen LogP contribution in [0.15, 0.2) is 29.8 Å². The van der Waals surface area contributed by atoms with Gasteiger partial charge in [-0.05, 0) is 49.9 Å². The molecule has 0 saturated carbocycles. The normalized spacial score (nSPS) is 17.2. The summed E-state index contributed by atoms with van der Waals surface area (Å²) in [4.78, 5) is 20.2. The van der Waals surface area contributed by atoms with E-state index in [1.54, 1.807) is 18.4 Å². The highest BCUT2D eigenvalue weighted by Crippen LogP contribution is 2.23. The number of anilines is 1. The average Bonchev–Trinajstić information content (AvgIpc) is 3.13. The third-order valence-electron chi connectivity index (χ3n) is 5.10. The molecule has 1 saturated heterocycles. The van der Waals surface area contributed by atoms with Gasteiger partial charge >= 0.3 is 0 Å². The third-order valence-corrected chi connectivity index (χ3v) is 5.96. The molecule has 150 valence electrons. The van der Waals surface area contributed by atoms with Crippen molar-refractivity contribution in [2.24, 2.45) is 11.7 Å². The lowest BCUT2D eigenvalue weighted by atomic mass is 9.97. The highest BCUT2D eigenvalue weighted by Gasteiger charge is 2.25. The van der Waals surface area contributed by atoms with E-state index in [4.69, 9.17) is 11.1 Å². The Bertz CT molecular complexity index is 803. The monoisotopic (exact) mass is 400 g/mol. The molecule has 1 fully saturated rings. The smallest absolute Gasteiger partial charge is 0.224 e. The number of amides is 1. The van der Waals surface area contributed by atoms with E-state index in [2.05, 4.69) is 32.7 Å². The van der Waals surface area contributed by atoms with Gasteiger partial charge in [-0.15, -0.1) is 11.3 Å². The second-order valence-corrected chi connectivity index (χ2v) is 8.09. The number of likely N-dealkylation sites (tertiary alicyclic amines) is 1. The van der Waals surface area contributed by atoms with Gasteiger partial charge in [-0.1, -0.05) is 12.1 Å². The van der Waals surface area contributed by atoms with Crippen LogP contribution in [-0.4, -0.2) is 41.9 Å². The molecule has 2 heterocycles. The SMILES string of the molecule is CNC(=O)C1CCCN(Cc2scnc2CCc2ccc(NC(=N)N)cc2)C1. The molecule has 5 N–H and O–H groups in total. The Hall–Kier alpha value is -2.45. The molecule has 7 nitrogen and oxygen atoms in total. The number of hydrogen-bond acceptors (Lipinski definition) is 5. The van der Waals surface area contributed by atoms with Crippen LogP contribution in [0, 0.1) is 11.3 Å². The fraction of sp³-hybridized carbons (Fsp3) is 0.450. The number of nitrogens with two attached hydrogens (primary N) is 1. The van der Waals surface area contributed by atoms with Crippen molar-refractivity contribution in [2.45, 2.75) is 32.2 Å². The quantitative estimate of drug-likeness (QED) is 0.421. The van der Waals surface area contributed by atoms with Gasteiger partial charge in [0.1, 0.15) is 0 Å². The van der Waals surface area contributed by atoms with E-state index in [-0.39, 0.29) is 17.8 Å². The fourth-order valence-corrected chi connectivity index (χ4v) is 4.47. The molecule has 1 amide bonds. The van der Waals surface area contributed by atoms with Crippen molar-refractivity contribution < 1.29 is 4.79 Å².